The summed E-state index contributed by atoms with van der Waals surface area (Å²) < 4.78 is 1.92. The van der Waals surface area contributed by atoms with Gasteiger partial charge in [0.1, 0.15) is 0 Å². The first-order chi connectivity index (χ1) is 8.76. The monoisotopic (exact) mass is 245 g/mol. The van der Waals surface area contributed by atoms with Gasteiger partial charge in [-0.1, -0.05) is 13.8 Å². The Labute approximate surface area is 107 Å². The number of hydrogen-bond donors (Lipinski definition) is 1. The van der Waals surface area contributed by atoms with Gasteiger partial charge in [-0.3, -0.25) is 14.6 Å². The van der Waals surface area contributed by atoms with Crippen LogP contribution < -0.4 is 5.32 Å². The van der Waals surface area contributed by atoms with Crippen LogP contribution in [0, 0.1) is 0 Å². The SMILES string of the molecule is CCNC(c1cnccn1)c1cc(CC)nn1C. The van der Waals surface area contributed by atoms with Crippen molar-refractivity contribution in [2.75, 3.05) is 6.54 Å². The summed E-state index contributed by atoms with van der Waals surface area (Å²) >= 11 is 0. The molecule has 96 valence electrons. The lowest BCUT2D eigenvalue weighted by Crippen LogP contribution is -2.25. The van der Waals surface area contributed by atoms with E-state index in [4.69, 9.17) is 0 Å². The maximum Gasteiger partial charge on any atom is 0.0937 e. The minimum atomic E-state index is 0.0431. The summed E-state index contributed by atoms with van der Waals surface area (Å²) in [7, 11) is 1.97. The number of rotatable bonds is 5. The third-order valence-electron chi connectivity index (χ3n) is 2.91. The third-order valence-corrected chi connectivity index (χ3v) is 2.91. The van der Waals surface area contributed by atoms with Crippen molar-refractivity contribution in [2.24, 2.45) is 7.05 Å². The summed E-state index contributed by atoms with van der Waals surface area (Å²) in [6.45, 7) is 5.06. The second-order valence-corrected chi connectivity index (χ2v) is 4.16. The molecule has 0 bridgehead atoms. The molecule has 0 aliphatic carbocycles. The molecule has 0 fully saturated rings. The third kappa shape index (κ3) is 2.56. The van der Waals surface area contributed by atoms with Crippen LogP contribution in [-0.4, -0.2) is 26.3 Å². The Bertz CT molecular complexity index is 491. The van der Waals surface area contributed by atoms with Crippen LogP contribution in [0.5, 0.6) is 0 Å². The Morgan fingerprint density at radius 1 is 1.33 bits per heavy atom. The molecule has 5 nitrogen and oxygen atoms in total. The molecule has 18 heavy (non-hydrogen) atoms. The molecular formula is C13H19N5. The summed E-state index contributed by atoms with van der Waals surface area (Å²) in [5, 5.41) is 7.92. The van der Waals surface area contributed by atoms with E-state index in [0.717, 1.165) is 30.0 Å². The van der Waals surface area contributed by atoms with Crippen molar-refractivity contribution in [2.45, 2.75) is 26.3 Å². The molecule has 0 aliphatic heterocycles. The molecule has 0 aliphatic rings. The quantitative estimate of drug-likeness (QED) is 0.866. The van der Waals surface area contributed by atoms with Crippen LogP contribution in [0.25, 0.3) is 0 Å². The van der Waals surface area contributed by atoms with Crippen molar-refractivity contribution in [1.29, 1.82) is 0 Å². The lowest BCUT2D eigenvalue weighted by Gasteiger charge is -2.16. The Morgan fingerprint density at radius 3 is 2.72 bits per heavy atom. The van der Waals surface area contributed by atoms with Gasteiger partial charge in [0.05, 0.1) is 29.3 Å². The highest BCUT2D eigenvalue weighted by Gasteiger charge is 2.19. The van der Waals surface area contributed by atoms with E-state index in [1.165, 1.54) is 0 Å². The minimum Gasteiger partial charge on any atom is -0.304 e. The van der Waals surface area contributed by atoms with E-state index >= 15 is 0 Å². The molecule has 0 aromatic carbocycles. The molecule has 0 spiro atoms. The largest absolute Gasteiger partial charge is 0.304 e. The van der Waals surface area contributed by atoms with Crippen LogP contribution in [0.1, 0.15) is 37.0 Å². The number of nitrogens with one attached hydrogen (secondary N) is 1. The zero-order chi connectivity index (χ0) is 13.0. The van der Waals surface area contributed by atoms with E-state index in [9.17, 15) is 0 Å². The highest BCUT2D eigenvalue weighted by atomic mass is 15.3. The van der Waals surface area contributed by atoms with Crippen LogP contribution in [0.3, 0.4) is 0 Å². The van der Waals surface area contributed by atoms with E-state index in [0.29, 0.717) is 0 Å². The summed E-state index contributed by atoms with van der Waals surface area (Å²) in [6.07, 6.45) is 6.14. The van der Waals surface area contributed by atoms with Gasteiger partial charge in [-0.25, -0.2) is 0 Å². The zero-order valence-electron chi connectivity index (χ0n) is 11.1. The summed E-state index contributed by atoms with van der Waals surface area (Å²) in [5.41, 5.74) is 3.14. The van der Waals surface area contributed by atoms with Gasteiger partial charge in [-0.2, -0.15) is 5.10 Å². The van der Waals surface area contributed by atoms with E-state index < -0.39 is 0 Å². The molecule has 0 radical (unpaired) electrons. The first kappa shape index (κ1) is 12.7. The number of nitrogens with zero attached hydrogens (tertiary/aromatic N) is 4. The highest BCUT2D eigenvalue weighted by molar-refractivity contribution is 5.22. The van der Waals surface area contributed by atoms with Gasteiger partial charge < -0.3 is 5.32 Å². The standard InChI is InChI=1S/C13H19N5/c1-4-10-8-12(18(3)17-10)13(15-5-2)11-9-14-6-7-16-11/h6-9,13,15H,4-5H2,1-3H3. The van der Waals surface area contributed by atoms with E-state index in [2.05, 4.69) is 40.3 Å². The molecule has 0 amide bonds. The van der Waals surface area contributed by atoms with Gasteiger partial charge in [0.25, 0.3) is 0 Å². The highest BCUT2D eigenvalue weighted by Crippen LogP contribution is 2.20. The van der Waals surface area contributed by atoms with E-state index in [1.807, 2.05) is 11.7 Å². The predicted molar refractivity (Wildman–Crippen MR) is 70.1 cm³/mol. The van der Waals surface area contributed by atoms with Crippen molar-refractivity contribution >= 4 is 0 Å². The van der Waals surface area contributed by atoms with Gasteiger partial charge in [-0.15, -0.1) is 0 Å². The number of aryl methyl sites for hydroxylation is 2. The molecule has 2 rings (SSSR count). The second kappa shape index (κ2) is 5.73. The number of hydrogen-bond acceptors (Lipinski definition) is 4. The van der Waals surface area contributed by atoms with Crippen molar-refractivity contribution in [3.63, 3.8) is 0 Å². The molecule has 2 heterocycles. The fourth-order valence-electron chi connectivity index (χ4n) is 2.01. The smallest absolute Gasteiger partial charge is 0.0937 e. The first-order valence-electron chi connectivity index (χ1n) is 6.28. The maximum absolute atomic E-state index is 4.49. The Hall–Kier alpha value is -1.75. The summed E-state index contributed by atoms with van der Waals surface area (Å²) in [4.78, 5) is 8.52. The van der Waals surface area contributed by atoms with E-state index in [1.54, 1.807) is 18.6 Å². The van der Waals surface area contributed by atoms with Crippen LogP contribution in [0.2, 0.25) is 0 Å². The molecule has 5 heteroatoms. The number of aromatic nitrogens is 4. The van der Waals surface area contributed by atoms with E-state index in [-0.39, 0.29) is 6.04 Å². The van der Waals surface area contributed by atoms with Crippen molar-refractivity contribution in [3.8, 4) is 0 Å². The average molecular weight is 245 g/mol. The van der Waals surface area contributed by atoms with Crippen LogP contribution >= 0.6 is 0 Å². The van der Waals surface area contributed by atoms with Crippen molar-refractivity contribution in [1.82, 2.24) is 25.1 Å². The Kier molecular flexibility index (Phi) is 4.04. The molecular weight excluding hydrogens is 226 g/mol. The van der Waals surface area contributed by atoms with Crippen LogP contribution in [0.4, 0.5) is 0 Å². The molecule has 1 unspecified atom stereocenters. The summed E-state index contributed by atoms with van der Waals surface area (Å²) in [6, 6.07) is 2.17. The lowest BCUT2D eigenvalue weighted by atomic mass is 10.1. The Morgan fingerprint density at radius 2 is 2.17 bits per heavy atom. The van der Waals surface area contributed by atoms with Gasteiger partial charge in [0, 0.05) is 19.4 Å². The fourth-order valence-corrected chi connectivity index (χ4v) is 2.01. The lowest BCUT2D eigenvalue weighted by molar-refractivity contribution is 0.559. The first-order valence-corrected chi connectivity index (χ1v) is 6.28. The van der Waals surface area contributed by atoms with Gasteiger partial charge in [0.2, 0.25) is 0 Å². The minimum absolute atomic E-state index is 0.0431. The predicted octanol–water partition coefficient (Wildman–Crippen LogP) is 1.47. The normalized spacial score (nSPS) is 12.6. The molecule has 0 saturated carbocycles. The molecule has 0 saturated heterocycles. The maximum atomic E-state index is 4.49. The van der Waals surface area contributed by atoms with Gasteiger partial charge in [0.15, 0.2) is 0 Å². The fraction of sp³-hybridized carbons (Fsp3) is 0.462. The van der Waals surface area contributed by atoms with Crippen molar-refractivity contribution < 1.29 is 0 Å². The second-order valence-electron chi connectivity index (χ2n) is 4.16. The summed E-state index contributed by atoms with van der Waals surface area (Å²) in [5.74, 6) is 0. The zero-order valence-corrected chi connectivity index (χ0v) is 11.1. The molecule has 2 aromatic rings. The average Bonchev–Trinajstić information content (AvgIpc) is 2.78. The Balaban J connectivity index is 2.38. The van der Waals surface area contributed by atoms with Gasteiger partial charge in [-0.05, 0) is 19.0 Å². The molecule has 2 aromatic heterocycles. The topological polar surface area (TPSA) is 55.6 Å². The molecule has 1 atom stereocenters. The van der Waals surface area contributed by atoms with Crippen molar-refractivity contribution in [3.05, 3.63) is 41.7 Å². The van der Waals surface area contributed by atoms with Crippen LogP contribution in [-0.2, 0) is 13.5 Å². The van der Waals surface area contributed by atoms with Crippen LogP contribution in [0.15, 0.2) is 24.7 Å². The molecule has 1 N–H and O–H groups in total. The van der Waals surface area contributed by atoms with Gasteiger partial charge >= 0.3 is 0 Å².